The van der Waals surface area contributed by atoms with Gasteiger partial charge >= 0.3 is 0 Å². The molecule has 7 heteroatoms. The number of aryl methyl sites for hydroxylation is 3. The van der Waals surface area contributed by atoms with Gasteiger partial charge in [-0.15, -0.1) is 0 Å². The Hall–Kier alpha value is -2.73. The highest BCUT2D eigenvalue weighted by molar-refractivity contribution is 6.31. The molecular formula is C18H17ClN4O2. The van der Waals surface area contributed by atoms with Crippen LogP contribution in [0.4, 0.5) is 5.82 Å². The molecule has 0 radical (unpaired) electrons. The van der Waals surface area contributed by atoms with Gasteiger partial charge in [0.2, 0.25) is 11.7 Å². The van der Waals surface area contributed by atoms with Crippen LogP contribution >= 0.6 is 11.6 Å². The third kappa shape index (κ3) is 3.69. The SMILES string of the molecule is CCc1nc(-c2c(C)cc(C)nc2NC(=O)c2cccc(Cl)c2)no1. The van der Waals surface area contributed by atoms with Gasteiger partial charge in [-0.25, -0.2) is 4.98 Å². The van der Waals surface area contributed by atoms with Gasteiger partial charge in [0, 0.05) is 22.7 Å². The highest BCUT2D eigenvalue weighted by Crippen LogP contribution is 2.29. The zero-order valence-electron chi connectivity index (χ0n) is 14.1. The molecule has 25 heavy (non-hydrogen) atoms. The van der Waals surface area contributed by atoms with Gasteiger partial charge < -0.3 is 9.84 Å². The summed E-state index contributed by atoms with van der Waals surface area (Å²) in [5, 5.41) is 7.33. The second-order valence-corrected chi connectivity index (χ2v) is 6.07. The number of rotatable bonds is 4. The van der Waals surface area contributed by atoms with E-state index >= 15 is 0 Å². The monoisotopic (exact) mass is 356 g/mol. The van der Waals surface area contributed by atoms with E-state index in [9.17, 15) is 4.79 Å². The second-order valence-electron chi connectivity index (χ2n) is 5.63. The fraction of sp³-hybridized carbons (Fsp3) is 0.222. The summed E-state index contributed by atoms with van der Waals surface area (Å²) >= 11 is 5.96. The summed E-state index contributed by atoms with van der Waals surface area (Å²) in [6.07, 6.45) is 0.634. The first-order valence-electron chi connectivity index (χ1n) is 7.86. The number of carbonyl (C=O) groups is 1. The van der Waals surface area contributed by atoms with E-state index in [0.717, 1.165) is 11.3 Å². The maximum atomic E-state index is 12.6. The van der Waals surface area contributed by atoms with Gasteiger partial charge in [-0.3, -0.25) is 4.79 Å². The van der Waals surface area contributed by atoms with Gasteiger partial charge in [0.25, 0.3) is 5.91 Å². The molecular weight excluding hydrogens is 340 g/mol. The van der Waals surface area contributed by atoms with E-state index in [-0.39, 0.29) is 5.91 Å². The summed E-state index contributed by atoms with van der Waals surface area (Å²) in [7, 11) is 0. The Labute approximate surface area is 150 Å². The lowest BCUT2D eigenvalue weighted by atomic mass is 10.1. The Kier molecular flexibility index (Phi) is 4.81. The number of carbonyl (C=O) groups excluding carboxylic acids is 1. The second kappa shape index (κ2) is 7.03. The lowest BCUT2D eigenvalue weighted by molar-refractivity contribution is 0.102. The minimum absolute atomic E-state index is 0.305. The molecule has 2 heterocycles. The van der Waals surface area contributed by atoms with Crippen molar-refractivity contribution >= 4 is 23.3 Å². The van der Waals surface area contributed by atoms with Gasteiger partial charge in [0.1, 0.15) is 5.82 Å². The van der Waals surface area contributed by atoms with E-state index in [1.165, 1.54) is 0 Å². The molecule has 0 aliphatic carbocycles. The van der Waals surface area contributed by atoms with E-state index in [1.807, 2.05) is 26.8 Å². The summed E-state index contributed by atoms with van der Waals surface area (Å²) in [6, 6.07) is 8.63. The van der Waals surface area contributed by atoms with Gasteiger partial charge in [0.15, 0.2) is 0 Å². The van der Waals surface area contributed by atoms with Crippen LogP contribution in [-0.4, -0.2) is 21.0 Å². The zero-order chi connectivity index (χ0) is 18.0. The highest BCUT2D eigenvalue weighted by Gasteiger charge is 2.19. The first-order chi connectivity index (χ1) is 12.0. The molecule has 0 spiro atoms. The van der Waals surface area contributed by atoms with Crippen LogP contribution in [0.3, 0.4) is 0 Å². The number of nitrogens with zero attached hydrogens (tertiary/aromatic N) is 3. The van der Waals surface area contributed by atoms with Crippen molar-refractivity contribution in [2.24, 2.45) is 0 Å². The Bertz CT molecular complexity index is 937. The molecule has 0 saturated carbocycles. The highest BCUT2D eigenvalue weighted by atomic mass is 35.5. The van der Waals surface area contributed by atoms with Crippen LogP contribution in [0.5, 0.6) is 0 Å². The Balaban J connectivity index is 2.01. The van der Waals surface area contributed by atoms with Crippen molar-refractivity contribution in [2.45, 2.75) is 27.2 Å². The maximum Gasteiger partial charge on any atom is 0.256 e. The van der Waals surface area contributed by atoms with Crippen LogP contribution < -0.4 is 5.32 Å². The van der Waals surface area contributed by atoms with Gasteiger partial charge in [-0.05, 0) is 43.7 Å². The molecule has 0 fully saturated rings. The number of amides is 1. The number of hydrogen-bond acceptors (Lipinski definition) is 5. The van der Waals surface area contributed by atoms with Crippen LogP contribution in [0.2, 0.25) is 5.02 Å². The molecule has 1 N–H and O–H groups in total. The largest absolute Gasteiger partial charge is 0.339 e. The molecule has 0 bridgehead atoms. The summed E-state index contributed by atoms with van der Waals surface area (Å²) in [6.45, 7) is 5.71. The van der Waals surface area contributed by atoms with Gasteiger partial charge in [-0.2, -0.15) is 4.98 Å². The quantitative estimate of drug-likeness (QED) is 0.757. The molecule has 1 amide bonds. The van der Waals surface area contributed by atoms with Gasteiger partial charge in [0.05, 0.1) is 5.56 Å². The number of aromatic nitrogens is 3. The van der Waals surface area contributed by atoms with E-state index in [4.69, 9.17) is 16.1 Å². The summed E-state index contributed by atoms with van der Waals surface area (Å²) in [5.74, 6) is 1.02. The number of hydrogen-bond donors (Lipinski definition) is 1. The van der Waals surface area contributed by atoms with Crippen molar-refractivity contribution < 1.29 is 9.32 Å². The minimum Gasteiger partial charge on any atom is -0.339 e. The van der Waals surface area contributed by atoms with Crippen molar-refractivity contribution in [1.82, 2.24) is 15.1 Å². The number of halogens is 1. The van der Waals surface area contributed by atoms with Crippen LogP contribution in [-0.2, 0) is 6.42 Å². The van der Waals surface area contributed by atoms with Crippen molar-refractivity contribution in [3.63, 3.8) is 0 Å². The van der Waals surface area contributed by atoms with Crippen LogP contribution in [0.25, 0.3) is 11.4 Å². The van der Waals surface area contributed by atoms with Crippen LogP contribution in [0.1, 0.15) is 34.4 Å². The van der Waals surface area contributed by atoms with Crippen molar-refractivity contribution in [3.05, 3.63) is 58.1 Å². The molecule has 0 aliphatic rings. The molecule has 6 nitrogen and oxygen atoms in total. The standard InChI is InChI=1S/C18H17ClN4O2/c1-4-14-21-17(23-25-14)15-10(2)8-11(3)20-16(15)22-18(24)12-6-5-7-13(19)9-12/h5-9H,4H2,1-3H3,(H,20,22,24). The topological polar surface area (TPSA) is 80.9 Å². The average molecular weight is 357 g/mol. The number of pyridine rings is 1. The van der Waals surface area contributed by atoms with E-state index in [1.54, 1.807) is 24.3 Å². The number of benzene rings is 1. The Morgan fingerprint density at radius 1 is 1.24 bits per heavy atom. The predicted octanol–water partition coefficient (Wildman–Crippen LogP) is 4.22. The molecule has 3 aromatic rings. The zero-order valence-corrected chi connectivity index (χ0v) is 14.9. The summed E-state index contributed by atoms with van der Waals surface area (Å²) in [4.78, 5) is 21.4. The van der Waals surface area contributed by atoms with E-state index < -0.39 is 0 Å². The normalized spacial score (nSPS) is 10.7. The van der Waals surface area contributed by atoms with Gasteiger partial charge in [-0.1, -0.05) is 29.7 Å². The molecule has 0 unspecified atom stereocenters. The van der Waals surface area contributed by atoms with E-state index in [2.05, 4.69) is 20.4 Å². The average Bonchev–Trinajstić information content (AvgIpc) is 3.03. The fourth-order valence-corrected chi connectivity index (χ4v) is 2.71. The molecule has 0 saturated heterocycles. The Morgan fingerprint density at radius 3 is 2.72 bits per heavy atom. The van der Waals surface area contributed by atoms with E-state index in [0.29, 0.717) is 40.1 Å². The molecule has 1 aromatic carbocycles. The number of anilines is 1. The molecule has 0 aliphatic heterocycles. The minimum atomic E-state index is -0.305. The van der Waals surface area contributed by atoms with Crippen LogP contribution in [0, 0.1) is 13.8 Å². The van der Waals surface area contributed by atoms with Crippen molar-refractivity contribution in [3.8, 4) is 11.4 Å². The number of nitrogens with one attached hydrogen (secondary N) is 1. The third-order valence-electron chi connectivity index (χ3n) is 3.66. The maximum absolute atomic E-state index is 12.6. The van der Waals surface area contributed by atoms with Crippen LogP contribution in [0.15, 0.2) is 34.9 Å². The fourth-order valence-electron chi connectivity index (χ4n) is 2.52. The molecule has 128 valence electrons. The molecule has 3 rings (SSSR count). The first-order valence-corrected chi connectivity index (χ1v) is 8.24. The molecule has 2 aromatic heterocycles. The third-order valence-corrected chi connectivity index (χ3v) is 3.89. The summed E-state index contributed by atoms with van der Waals surface area (Å²) < 4.78 is 5.19. The van der Waals surface area contributed by atoms with Crippen molar-refractivity contribution in [1.29, 1.82) is 0 Å². The summed E-state index contributed by atoms with van der Waals surface area (Å²) in [5.41, 5.74) is 2.77. The lowest BCUT2D eigenvalue weighted by Gasteiger charge is -2.12. The molecule has 0 atom stereocenters. The lowest BCUT2D eigenvalue weighted by Crippen LogP contribution is -2.15. The predicted molar refractivity (Wildman–Crippen MR) is 95.8 cm³/mol. The van der Waals surface area contributed by atoms with Crippen molar-refractivity contribution in [2.75, 3.05) is 5.32 Å². The first kappa shape index (κ1) is 17.1. The smallest absolute Gasteiger partial charge is 0.256 e. The Morgan fingerprint density at radius 2 is 2.04 bits per heavy atom.